The van der Waals surface area contributed by atoms with Gasteiger partial charge < -0.3 is 25.0 Å². The summed E-state index contributed by atoms with van der Waals surface area (Å²) in [5, 5.41) is 11.3. The molecule has 3 rings (SSSR count). The number of aliphatic imine (C=N–C) groups is 1. The molecular formula is C23H36N6O2. The molecule has 1 atom stereocenters. The number of nitrogens with one attached hydrogen (secondary N) is 2. The molecule has 1 unspecified atom stereocenters. The summed E-state index contributed by atoms with van der Waals surface area (Å²) >= 11 is 0. The monoisotopic (exact) mass is 428 g/mol. The minimum Gasteiger partial charge on any atom is -0.493 e. The Kier molecular flexibility index (Phi) is 8.44. The van der Waals surface area contributed by atoms with Gasteiger partial charge in [-0.25, -0.2) is 0 Å². The fraction of sp³-hybridized carbons (Fsp3) is 0.565. The van der Waals surface area contributed by atoms with Gasteiger partial charge >= 0.3 is 0 Å². The zero-order valence-corrected chi connectivity index (χ0v) is 19.2. The van der Waals surface area contributed by atoms with E-state index in [9.17, 15) is 0 Å². The maximum atomic E-state index is 5.68. The van der Waals surface area contributed by atoms with E-state index in [1.807, 2.05) is 38.0 Å². The van der Waals surface area contributed by atoms with Crippen molar-refractivity contribution in [2.75, 3.05) is 45.3 Å². The third-order valence-corrected chi connectivity index (χ3v) is 5.50. The number of hydrogen-bond acceptors (Lipinski definition) is 5. The minimum absolute atomic E-state index is 0.371. The quantitative estimate of drug-likeness (QED) is 0.363. The summed E-state index contributed by atoms with van der Waals surface area (Å²) in [5.74, 6) is 2.45. The van der Waals surface area contributed by atoms with E-state index in [-0.39, 0.29) is 0 Å². The average Bonchev–Trinajstić information content (AvgIpc) is 3.23. The van der Waals surface area contributed by atoms with Gasteiger partial charge in [-0.05, 0) is 50.3 Å². The number of ether oxygens (including phenoxy) is 2. The molecule has 1 aliphatic heterocycles. The lowest BCUT2D eigenvalue weighted by molar-refractivity contribution is 0.310. The first kappa shape index (κ1) is 22.8. The molecule has 1 aromatic carbocycles. The van der Waals surface area contributed by atoms with Gasteiger partial charge in [0.15, 0.2) is 17.5 Å². The molecule has 1 fully saturated rings. The molecule has 0 bridgehead atoms. The lowest BCUT2D eigenvalue weighted by atomic mass is 10.1. The van der Waals surface area contributed by atoms with Crippen LogP contribution in [0.4, 0.5) is 5.69 Å². The van der Waals surface area contributed by atoms with Crippen LogP contribution in [0, 0.1) is 0 Å². The molecule has 0 saturated carbocycles. The highest BCUT2D eigenvalue weighted by molar-refractivity contribution is 5.80. The number of aryl methyl sites for hydroxylation is 2. The highest BCUT2D eigenvalue weighted by Crippen LogP contribution is 2.28. The first-order valence-electron chi connectivity index (χ1n) is 11.1. The predicted molar refractivity (Wildman–Crippen MR) is 125 cm³/mol. The Bertz CT molecular complexity index is 850. The van der Waals surface area contributed by atoms with Crippen LogP contribution in [0.3, 0.4) is 0 Å². The normalized spacial score (nSPS) is 16.8. The Morgan fingerprint density at radius 1 is 1.32 bits per heavy atom. The van der Waals surface area contributed by atoms with Gasteiger partial charge in [0.05, 0.1) is 25.6 Å². The number of nitrogens with zero attached hydrogens (tertiary/aromatic N) is 4. The Balaban J connectivity index is 1.44. The molecule has 0 aliphatic carbocycles. The SMILES string of the molecule is CCOc1cc(CCCNC(=NC)NC2CCCN(c3cnn(C)c3)C2)ccc1OC. The van der Waals surface area contributed by atoms with Crippen LogP contribution in [0.25, 0.3) is 0 Å². The second-order valence-corrected chi connectivity index (χ2v) is 7.82. The molecule has 170 valence electrons. The van der Waals surface area contributed by atoms with Crippen molar-refractivity contribution in [1.82, 2.24) is 20.4 Å². The molecule has 0 spiro atoms. The van der Waals surface area contributed by atoms with Crippen molar-refractivity contribution in [2.24, 2.45) is 12.0 Å². The van der Waals surface area contributed by atoms with E-state index in [2.05, 4.69) is 44.0 Å². The summed E-state index contributed by atoms with van der Waals surface area (Å²) < 4.78 is 12.9. The summed E-state index contributed by atoms with van der Waals surface area (Å²) in [6, 6.07) is 6.52. The maximum absolute atomic E-state index is 5.68. The molecule has 1 aromatic heterocycles. The van der Waals surface area contributed by atoms with Crippen molar-refractivity contribution < 1.29 is 9.47 Å². The van der Waals surface area contributed by atoms with Gasteiger partial charge in [0.25, 0.3) is 0 Å². The van der Waals surface area contributed by atoms with Crippen LogP contribution in [0.5, 0.6) is 11.5 Å². The summed E-state index contributed by atoms with van der Waals surface area (Å²) in [5.41, 5.74) is 2.43. The first-order valence-corrected chi connectivity index (χ1v) is 11.1. The molecule has 31 heavy (non-hydrogen) atoms. The highest BCUT2D eigenvalue weighted by atomic mass is 16.5. The third-order valence-electron chi connectivity index (χ3n) is 5.50. The number of guanidine groups is 1. The lowest BCUT2D eigenvalue weighted by Gasteiger charge is -2.34. The lowest BCUT2D eigenvalue weighted by Crippen LogP contribution is -2.51. The molecule has 0 amide bonds. The van der Waals surface area contributed by atoms with E-state index in [0.717, 1.165) is 62.8 Å². The number of methoxy groups -OCH3 is 1. The molecule has 1 aliphatic rings. The van der Waals surface area contributed by atoms with E-state index in [1.54, 1.807) is 7.11 Å². The number of hydrogen-bond donors (Lipinski definition) is 2. The first-order chi connectivity index (χ1) is 15.1. The Labute approximate surface area is 185 Å². The van der Waals surface area contributed by atoms with E-state index in [0.29, 0.717) is 12.6 Å². The summed E-state index contributed by atoms with van der Waals surface area (Å²) in [7, 11) is 5.45. The van der Waals surface area contributed by atoms with Gasteiger partial charge in [-0.1, -0.05) is 6.07 Å². The van der Waals surface area contributed by atoms with E-state index >= 15 is 0 Å². The third kappa shape index (κ3) is 6.54. The van der Waals surface area contributed by atoms with Crippen LogP contribution >= 0.6 is 0 Å². The Hall–Kier alpha value is -2.90. The van der Waals surface area contributed by atoms with Gasteiger partial charge in [-0.15, -0.1) is 0 Å². The molecule has 8 nitrogen and oxygen atoms in total. The van der Waals surface area contributed by atoms with Crippen LogP contribution in [0.2, 0.25) is 0 Å². The zero-order valence-electron chi connectivity index (χ0n) is 19.2. The molecule has 1 saturated heterocycles. The average molecular weight is 429 g/mol. The molecule has 2 aromatic rings. The summed E-state index contributed by atoms with van der Waals surface area (Å²) in [6.07, 6.45) is 8.28. The number of anilines is 1. The molecular weight excluding hydrogens is 392 g/mol. The second-order valence-electron chi connectivity index (χ2n) is 7.82. The van der Waals surface area contributed by atoms with Gasteiger partial charge in [0, 0.05) is 46.0 Å². The largest absolute Gasteiger partial charge is 0.493 e. The number of piperidine rings is 1. The van der Waals surface area contributed by atoms with Crippen LogP contribution < -0.4 is 25.0 Å². The predicted octanol–water partition coefficient (Wildman–Crippen LogP) is 2.59. The van der Waals surface area contributed by atoms with Crippen molar-refractivity contribution >= 4 is 11.6 Å². The van der Waals surface area contributed by atoms with Crippen molar-refractivity contribution in [2.45, 2.75) is 38.6 Å². The van der Waals surface area contributed by atoms with Crippen molar-refractivity contribution in [3.05, 3.63) is 36.2 Å². The van der Waals surface area contributed by atoms with E-state index in [1.165, 1.54) is 11.3 Å². The van der Waals surface area contributed by atoms with Crippen LogP contribution in [0.15, 0.2) is 35.6 Å². The van der Waals surface area contributed by atoms with E-state index in [4.69, 9.17) is 9.47 Å². The summed E-state index contributed by atoms with van der Waals surface area (Å²) in [4.78, 5) is 6.80. The zero-order chi connectivity index (χ0) is 22.1. The van der Waals surface area contributed by atoms with Crippen molar-refractivity contribution in [1.29, 1.82) is 0 Å². The molecule has 2 heterocycles. The molecule has 2 N–H and O–H groups in total. The topological polar surface area (TPSA) is 75.9 Å². The number of benzene rings is 1. The van der Waals surface area contributed by atoms with Gasteiger partial charge in [0.1, 0.15) is 0 Å². The molecule has 8 heteroatoms. The molecule has 0 radical (unpaired) electrons. The number of rotatable bonds is 9. The fourth-order valence-electron chi connectivity index (χ4n) is 3.93. The van der Waals surface area contributed by atoms with Gasteiger partial charge in [-0.3, -0.25) is 9.67 Å². The maximum Gasteiger partial charge on any atom is 0.191 e. The highest BCUT2D eigenvalue weighted by Gasteiger charge is 2.21. The Morgan fingerprint density at radius 2 is 2.19 bits per heavy atom. The van der Waals surface area contributed by atoms with Gasteiger partial charge in [0.2, 0.25) is 0 Å². The smallest absolute Gasteiger partial charge is 0.191 e. The summed E-state index contributed by atoms with van der Waals surface area (Å²) in [6.45, 7) is 5.49. The van der Waals surface area contributed by atoms with Crippen LogP contribution in [0.1, 0.15) is 31.7 Å². The standard InChI is InChI=1S/C23H36N6O2/c1-5-31-22-14-18(10-11-21(22)30-4)8-6-12-25-23(24-2)27-19-9-7-13-29(16-19)20-15-26-28(3)17-20/h10-11,14-15,17,19H,5-9,12-13,16H2,1-4H3,(H2,24,25,27). The second kappa shape index (κ2) is 11.5. The fourth-order valence-corrected chi connectivity index (χ4v) is 3.93. The minimum atomic E-state index is 0.371. The Morgan fingerprint density at radius 3 is 2.90 bits per heavy atom. The van der Waals surface area contributed by atoms with Crippen LogP contribution in [-0.2, 0) is 13.5 Å². The van der Waals surface area contributed by atoms with Crippen molar-refractivity contribution in [3.63, 3.8) is 0 Å². The van der Waals surface area contributed by atoms with Crippen LogP contribution in [-0.4, -0.2) is 62.2 Å². The van der Waals surface area contributed by atoms with Crippen molar-refractivity contribution in [3.8, 4) is 11.5 Å². The van der Waals surface area contributed by atoms with E-state index < -0.39 is 0 Å². The number of aromatic nitrogens is 2. The van der Waals surface area contributed by atoms with Gasteiger partial charge in [-0.2, -0.15) is 5.10 Å².